The number of rotatable bonds is 5. The quantitative estimate of drug-likeness (QED) is 0.652. The van der Waals surface area contributed by atoms with Gasteiger partial charge < -0.3 is 24.5 Å². The highest BCUT2D eigenvalue weighted by molar-refractivity contribution is 5.79. The molecule has 0 amide bonds. The zero-order chi connectivity index (χ0) is 16.6. The van der Waals surface area contributed by atoms with Crippen molar-refractivity contribution in [2.24, 2.45) is 4.99 Å². The molecule has 0 fully saturated rings. The van der Waals surface area contributed by atoms with E-state index in [1.807, 2.05) is 37.3 Å². The van der Waals surface area contributed by atoms with E-state index in [9.17, 15) is 0 Å². The van der Waals surface area contributed by atoms with Crippen LogP contribution < -0.4 is 20.1 Å². The fourth-order valence-corrected chi connectivity index (χ4v) is 2.40. The molecule has 24 heavy (non-hydrogen) atoms. The summed E-state index contributed by atoms with van der Waals surface area (Å²) in [5, 5.41) is 6.48. The Labute approximate surface area is 141 Å². The summed E-state index contributed by atoms with van der Waals surface area (Å²) in [5.41, 5.74) is 1.08. The molecule has 6 heteroatoms. The first-order valence-corrected chi connectivity index (χ1v) is 8.28. The van der Waals surface area contributed by atoms with Crippen molar-refractivity contribution in [3.63, 3.8) is 0 Å². The Morgan fingerprint density at radius 3 is 2.79 bits per heavy atom. The zero-order valence-corrected chi connectivity index (χ0v) is 13.9. The van der Waals surface area contributed by atoms with Gasteiger partial charge in [0.15, 0.2) is 17.5 Å². The van der Waals surface area contributed by atoms with Gasteiger partial charge in [0.05, 0.1) is 32.6 Å². The summed E-state index contributed by atoms with van der Waals surface area (Å²) in [6.45, 7) is 5.38. The number of fused-ring (bicyclic) bond motifs is 1. The van der Waals surface area contributed by atoms with Crippen molar-refractivity contribution in [3.8, 4) is 11.5 Å². The van der Waals surface area contributed by atoms with E-state index in [1.54, 1.807) is 6.26 Å². The lowest BCUT2D eigenvalue weighted by molar-refractivity contribution is 0.297. The maximum atomic E-state index is 5.72. The largest absolute Gasteiger partial charge is 0.490 e. The van der Waals surface area contributed by atoms with Crippen molar-refractivity contribution >= 4 is 5.96 Å². The molecule has 1 aromatic carbocycles. The van der Waals surface area contributed by atoms with Gasteiger partial charge in [0.2, 0.25) is 0 Å². The number of hydrogen-bond donors (Lipinski definition) is 2. The number of ether oxygens (including phenoxy) is 2. The van der Waals surface area contributed by atoms with Gasteiger partial charge in [-0.25, -0.2) is 4.99 Å². The normalized spacial score (nSPS) is 14.1. The lowest BCUT2D eigenvalue weighted by Crippen LogP contribution is -2.36. The Kier molecular flexibility index (Phi) is 5.61. The molecule has 0 saturated heterocycles. The van der Waals surface area contributed by atoms with Crippen molar-refractivity contribution in [2.45, 2.75) is 26.4 Å². The van der Waals surface area contributed by atoms with Gasteiger partial charge in [-0.05, 0) is 36.8 Å². The van der Waals surface area contributed by atoms with E-state index < -0.39 is 0 Å². The van der Waals surface area contributed by atoms with Crippen molar-refractivity contribution in [1.82, 2.24) is 10.6 Å². The van der Waals surface area contributed by atoms with Crippen molar-refractivity contribution in [2.75, 3.05) is 19.8 Å². The van der Waals surface area contributed by atoms with Crippen LogP contribution in [0, 0.1) is 0 Å². The van der Waals surface area contributed by atoms with E-state index in [0.29, 0.717) is 26.3 Å². The van der Waals surface area contributed by atoms with Gasteiger partial charge >= 0.3 is 0 Å². The predicted molar refractivity (Wildman–Crippen MR) is 92.4 cm³/mol. The summed E-state index contributed by atoms with van der Waals surface area (Å²) in [6, 6.07) is 9.78. The highest BCUT2D eigenvalue weighted by Gasteiger charge is 2.10. The monoisotopic (exact) mass is 329 g/mol. The SMILES string of the molecule is CCNC(=NCc1ccc2c(c1)OCCCO2)NCc1ccco1. The summed E-state index contributed by atoms with van der Waals surface area (Å²) in [6.07, 6.45) is 2.57. The molecule has 3 rings (SSSR count). The molecule has 0 spiro atoms. The van der Waals surface area contributed by atoms with E-state index in [-0.39, 0.29) is 0 Å². The highest BCUT2D eigenvalue weighted by atomic mass is 16.5. The third-order valence-electron chi connectivity index (χ3n) is 3.59. The molecule has 2 N–H and O–H groups in total. The standard InChI is InChI=1S/C18H23N3O3/c1-2-19-18(21-13-15-5-3-8-22-15)20-12-14-6-7-16-17(11-14)24-10-4-9-23-16/h3,5-8,11H,2,4,9-10,12-13H2,1H3,(H2,19,20,21). The minimum Gasteiger partial charge on any atom is -0.490 e. The number of nitrogens with zero attached hydrogens (tertiary/aromatic N) is 1. The van der Waals surface area contributed by atoms with Gasteiger partial charge in [-0.2, -0.15) is 0 Å². The number of hydrogen-bond acceptors (Lipinski definition) is 4. The van der Waals surface area contributed by atoms with E-state index in [0.717, 1.165) is 41.7 Å². The third-order valence-corrected chi connectivity index (χ3v) is 3.59. The van der Waals surface area contributed by atoms with Crippen LogP contribution in [0.3, 0.4) is 0 Å². The fourth-order valence-electron chi connectivity index (χ4n) is 2.40. The molecular formula is C18H23N3O3. The summed E-state index contributed by atoms with van der Waals surface area (Å²) in [5.74, 6) is 3.23. The third kappa shape index (κ3) is 4.44. The second-order valence-electron chi connectivity index (χ2n) is 5.46. The van der Waals surface area contributed by atoms with Crippen LogP contribution in [-0.2, 0) is 13.1 Å². The van der Waals surface area contributed by atoms with E-state index in [2.05, 4.69) is 15.6 Å². The lowest BCUT2D eigenvalue weighted by Gasteiger charge is -2.11. The predicted octanol–water partition coefficient (Wildman–Crippen LogP) is 2.70. The molecule has 128 valence electrons. The molecule has 0 atom stereocenters. The molecule has 0 saturated carbocycles. The van der Waals surface area contributed by atoms with Gasteiger partial charge in [-0.3, -0.25) is 0 Å². The summed E-state index contributed by atoms with van der Waals surface area (Å²) in [4.78, 5) is 4.61. The first kappa shape index (κ1) is 16.2. The van der Waals surface area contributed by atoms with Crippen LogP contribution >= 0.6 is 0 Å². The summed E-state index contributed by atoms with van der Waals surface area (Å²) in [7, 11) is 0. The van der Waals surface area contributed by atoms with Crippen LogP contribution in [0.1, 0.15) is 24.7 Å². The van der Waals surface area contributed by atoms with Crippen LogP contribution in [0.5, 0.6) is 11.5 Å². The molecule has 1 aromatic heterocycles. The Hall–Kier alpha value is -2.63. The van der Waals surface area contributed by atoms with Crippen LogP contribution in [0.4, 0.5) is 0 Å². The first-order chi connectivity index (χ1) is 11.8. The molecule has 0 unspecified atom stereocenters. The molecule has 0 radical (unpaired) electrons. The molecular weight excluding hydrogens is 306 g/mol. The second-order valence-corrected chi connectivity index (χ2v) is 5.46. The number of furan rings is 1. The summed E-state index contributed by atoms with van der Waals surface area (Å²) >= 11 is 0. The number of aliphatic imine (C=N–C) groups is 1. The van der Waals surface area contributed by atoms with Gasteiger partial charge in [-0.15, -0.1) is 0 Å². The minimum atomic E-state index is 0.560. The molecule has 1 aliphatic rings. The Morgan fingerprint density at radius 2 is 2.00 bits per heavy atom. The average molecular weight is 329 g/mol. The maximum absolute atomic E-state index is 5.72. The molecule has 2 heterocycles. The molecule has 2 aromatic rings. The topological polar surface area (TPSA) is 68.0 Å². The van der Waals surface area contributed by atoms with Crippen LogP contribution in [0.25, 0.3) is 0 Å². The fraction of sp³-hybridized carbons (Fsp3) is 0.389. The van der Waals surface area contributed by atoms with Crippen LogP contribution in [0.2, 0.25) is 0 Å². The first-order valence-electron chi connectivity index (χ1n) is 8.28. The maximum Gasteiger partial charge on any atom is 0.191 e. The van der Waals surface area contributed by atoms with Crippen molar-refractivity contribution in [1.29, 1.82) is 0 Å². The smallest absolute Gasteiger partial charge is 0.191 e. The number of benzene rings is 1. The second kappa shape index (κ2) is 8.29. The van der Waals surface area contributed by atoms with Crippen molar-refractivity contribution in [3.05, 3.63) is 47.9 Å². The van der Waals surface area contributed by atoms with E-state index >= 15 is 0 Å². The highest BCUT2D eigenvalue weighted by Crippen LogP contribution is 2.30. The van der Waals surface area contributed by atoms with Gasteiger partial charge in [0.25, 0.3) is 0 Å². The Balaban J connectivity index is 1.63. The van der Waals surface area contributed by atoms with Crippen molar-refractivity contribution < 1.29 is 13.9 Å². The van der Waals surface area contributed by atoms with Gasteiger partial charge in [0.1, 0.15) is 5.76 Å². The van der Waals surface area contributed by atoms with Crippen LogP contribution in [-0.4, -0.2) is 25.7 Å². The number of nitrogens with one attached hydrogen (secondary N) is 2. The lowest BCUT2D eigenvalue weighted by atomic mass is 10.2. The van der Waals surface area contributed by atoms with Gasteiger partial charge in [-0.1, -0.05) is 6.07 Å². The Morgan fingerprint density at radius 1 is 1.12 bits per heavy atom. The number of guanidine groups is 1. The minimum absolute atomic E-state index is 0.560. The van der Waals surface area contributed by atoms with E-state index in [4.69, 9.17) is 13.9 Å². The molecule has 0 aliphatic carbocycles. The molecule has 0 bridgehead atoms. The average Bonchev–Trinajstić information content (AvgIpc) is 3.01. The molecule has 1 aliphatic heterocycles. The van der Waals surface area contributed by atoms with Gasteiger partial charge in [0, 0.05) is 13.0 Å². The van der Waals surface area contributed by atoms with Crippen LogP contribution in [0.15, 0.2) is 46.0 Å². The summed E-state index contributed by atoms with van der Waals surface area (Å²) < 4.78 is 16.7. The Bertz CT molecular complexity index is 668. The van der Waals surface area contributed by atoms with E-state index in [1.165, 1.54) is 0 Å². The molecule has 6 nitrogen and oxygen atoms in total. The zero-order valence-electron chi connectivity index (χ0n) is 13.9.